The van der Waals surface area contributed by atoms with Crippen LogP contribution in [-0.4, -0.2) is 28.0 Å². The van der Waals surface area contributed by atoms with Gasteiger partial charge in [-0.1, -0.05) is 34.6 Å². The van der Waals surface area contributed by atoms with E-state index in [2.05, 4.69) is 10.5 Å². The zero-order valence-corrected chi connectivity index (χ0v) is 13.6. The molecule has 2 aromatic rings. The molecule has 1 N–H and O–H groups in total. The van der Waals surface area contributed by atoms with Crippen LogP contribution < -0.4 is 5.32 Å². The molecule has 5 nitrogen and oxygen atoms in total. The van der Waals surface area contributed by atoms with Crippen LogP contribution in [0.2, 0.25) is 5.02 Å². The van der Waals surface area contributed by atoms with Crippen molar-refractivity contribution < 1.29 is 18.5 Å². The first-order valence-corrected chi connectivity index (χ1v) is 8.23. The molecular formula is C15H12ClFN2O3S. The minimum Gasteiger partial charge on any atom is -0.360 e. The lowest BCUT2D eigenvalue weighted by atomic mass is 10.0. The Morgan fingerprint density at radius 2 is 2.30 bits per heavy atom. The van der Waals surface area contributed by atoms with Crippen LogP contribution in [0.3, 0.4) is 0 Å². The van der Waals surface area contributed by atoms with E-state index in [1.54, 1.807) is 6.92 Å². The maximum atomic E-state index is 14.1. The Labute approximate surface area is 140 Å². The summed E-state index contributed by atoms with van der Waals surface area (Å²) in [4.78, 5) is 24.2. The van der Waals surface area contributed by atoms with E-state index < -0.39 is 17.8 Å². The number of rotatable bonds is 3. The van der Waals surface area contributed by atoms with Crippen LogP contribution in [-0.2, 0) is 4.79 Å². The maximum absolute atomic E-state index is 14.1. The zero-order chi connectivity index (χ0) is 16.6. The quantitative estimate of drug-likeness (QED) is 0.916. The van der Waals surface area contributed by atoms with E-state index in [-0.39, 0.29) is 32.7 Å². The second-order valence-electron chi connectivity index (χ2n) is 5.04. The molecule has 1 atom stereocenters. The molecule has 2 heterocycles. The monoisotopic (exact) mass is 354 g/mol. The van der Waals surface area contributed by atoms with Crippen LogP contribution >= 0.6 is 23.4 Å². The third-order valence-corrected chi connectivity index (χ3v) is 4.85. The van der Waals surface area contributed by atoms with Crippen molar-refractivity contribution in [2.24, 2.45) is 0 Å². The average molecular weight is 355 g/mol. The molecule has 0 saturated carbocycles. The van der Waals surface area contributed by atoms with E-state index in [1.807, 2.05) is 0 Å². The predicted octanol–water partition coefficient (Wildman–Crippen LogP) is 3.20. The van der Waals surface area contributed by atoms with Crippen LogP contribution in [0.15, 0.2) is 22.7 Å². The number of halogens is 2. The predicted molar refractivity (Wildman–Crippen MR) is 85.0 cm³/mol. The summed E-state index contributed by atoms with van der Waals surface area (Å²) in [6.07, 6.45) is 0.565. The lowest BCUT2D eigenvalue weighted by Crippen LogP contribution is -2.37. The van der Waals surface area contributed by atoms with Gasteiger partial charge in [-0.3, -0.25) is 9.59 Å². The Kier molecular flexibility index (Phi) is 4.41. The van der Waals surface area contributed by atoms with Crippen LogP contribution in [0.5, 0.6) is 0 Å². The van der Waals surface area contributed by atoms with E-state index in [4.69, 9.17) is 16.1 Å². The number of thioether (sulfide) groups is 1. The summed E-state index contributed by atoms with van der Waals surface area (Å²) in [7, 11) is 0. The Morgan fingerprint density at radius 1 is 1.52 bits per heavy atom. The van der Waals surface area contributed by atoms with Gasteiger partial charge < -0.3 is 9.84 Å². The summed E-state index contributed by atoms with van der Waals surface area (Å²) in [5, 5.41) is 6.46. The zero-order valence-electron chi connectivity index (χ0n) is 12.1. The highest BCUT2D eigenvalue weighted by molar-refractivity contribution is 8.14. The van der Waals surface area contributed by atoms with Gasteiger partial charge in [-0.15, -0.1) is 0 Å². The van der Waals surface area contributed by atoms with Crippen molar-refractivity contribution in [2.45, 2.75) is 19.4 Å². The van der Waals surface area contributed by atoms with Gasteiger partial charge in [0, 0.05) is 5.75 Å². The van der Waals surface area contributed by atoms with Gasteiger partial charge in [0.25, 0.3) is 5.91 Å². The van der Waals surface area contributed by atoms with Gasteiger partial charge in [-0.2, -0.15) is 0 Å². The molecule has 120 valence electrons. The SMILES string of the molecule is Cc1onc(-c2c(F)cccc2Cl)c1C(=O)N[C@H]1CCSC1=O. The number of aryl methyl sites for hydroxylation is 1. The smallest absolute Gasteiger partial charge is 0.257 e. The second kappa shape index (κ2) is 6.33. The van der Waals surface area contributed by atoms with Crippen molar-refractivity contribution in [3.05, 3.63) is 40.4 Å². The molecular weight excluding hydrogens is 343 g/mol. The van der Waals surface area contributed by atoms with Gasteiger partial charge in [0.15, 0.2) is 0 Å². The van der Waals surface area contributed by atoms with Gasteiger partial charge in [0.2, 0.25) is 5.12 Å². The van der Waals surface area contributed by atoms with Crippen molar-refractivity contribution in [1.29, 1.82) is 0 Å². The fourth-order valence-electron chi connectivity index (χ4n) is 2.39. The molecule has 1 aromatic carbocycles. The topological polar surface area (TPSA) is 72.2 Å². The number of amides is 1. The minimum atomic E-state index is -0.604. The molecule has 3 rings (SSSR count). The van der Waals surface area contributed by atoms with Gasteiger partial charge in [0.05, 0.1) is 16.6 Å². The Balaban J connectivity index is 1.99. The summed E-state index contributed by atoms with van der Waals surface area (Å²) < 4.78 is 19.1. The lowest BCUT2D eigenvalue weighted by molar-refractivity contribution is -0.112. The second-order valence-corrected chi connectivity index (χ2v) is 6.55. The van der Waals surface area contributed by atoms with Crippen molar-refractivity contribution in [1.82, 2.24) is 10.5 Å². The molecule has 1 aliphatic rings. The van der Waals surface area contributed by atoms with E-state index >= 15 is 0 Å². The van der Waals surface area contributed by atoms with Crippen molar-refractivity contribution >= 4 is 34.4 Å². The molecule has 1 saturated heterocycles. The Morgan fingerprint density at radius 3 is 2.96 bits per heavy atom. The molecule has 0 spiro atoms. The highest BCUT2D eigenvalue weighted by Gasteiger charge is 2.31. The standard InChI is InChI=1S/C15H12ClFN2O3S/c1-7-11(14(20)18-10-5-6-23-15(10)21)13(19-22-7)12-8(16)3-2-4-9(12)17/h2-4,10H,5-6H2,1H3,(H,18,20)/t10-/m0/s1. The molecule has 1 aliphatic heterocycles. The van der Waals surface area contributed by atoms with Crippen molar-refractivity contribution in [2.75, 3.05) is 5.75 Å². The first kappa shape index (κ1) is 16.0. The lowest BCUT2D eigenvalue weighted by Gasteiger charge is -2.11. The minimum absolute atomic E-state index is 0.00305. The summed E-state index contributed by atoms with van der Waals surface area (Å²) in [5.74, 6) is -0.237. The third kappa shape index (κ3) is 2.98. The number of nitrogens with one attached hydrogen (secondary N) is 1. The molecule has 0 unspecified atom stereocenters. The largest absolute Gasteiger partial charge is 0.360 e. The van der Waals surface area contributed by atoms with Crippen LogP contribution in [0.4, 0.5) is 4.39 Å². The number of carbonyl (C=O) groups is 2. The molecule has 0 bridgehead atoms. The summed E-state index contributed by atoms with van der Waals surface area (Å²) in [6, 6.07) is 3.64. The van der Waals surface area contributed by atoms with Gasteiger partial charge in [-0.25, -0.2) is 4.39 Å². The summed E-state index contributed by atoms with van der Waals surface area (Å²) >= 11 is 7.21. The van der Waals surface area contributed by atoms with Crippen LogP contribution in [0, 0.1) is 12.7 Å². The highest BCUT2D eigenvalue weighted by Crippen LogP contribution is 2.33. The first-order chi connectivity index (χ1) is 11.0. The van der Waals surface area contributed by atoms with Crippen molar-refractivity contribution in [3.8, 4) is 11.3 Å². The fourth-order valence-corrected chi connectivity index (χ4v) is 3.58. The first-order valence-electron chi connectivity index (χ1n) is 6.87. The van der Waals surface area contributed by atoms with Gasteiger partial charge in [-0.05, 0) is 25.5 Å². The average Bonchev–Trinajstić information content (AvgIpc) is 3.06. The van der Waals surface area contributed by atoms with E-state index in [1.165, 1.54) is 30.0 Å². The number of nitrogens with zero attached hydrogens (tertiary/aromatic N) is 1. The van der Waals surface area contributed by atoms with E-state index in [0.29, 0.717) is 12.2 Å². The summed E-state index contributed by atoms with van der Waals surface area (Å²) in [6.45, 7) is 1.55. The molecule has 0 radical (unpaired) electrons. The maximum Gasteiger partial charge on any atom is 0.257 e. The van der Waals surface area contributed by atoms with E-state index in [9.17, 15) is 14.0 Å². The van der Waals surface area contributed by atoms with Crippen LogP contribution in [0.25, 0.3) is 11.3 Å². The highest BCUT2D eigenvalue weighted by atomic mass is 35.5. The molecule has 1 fully saturated rings. The van der Waals surface area contributed by atoms with Gasteiger partial charge in [0.1, 0.15) is 22.8 Å². The number of hydrogen-bond acceptors (Lipinski definition) is 5. The number of hydrogen-bond donors (Lipinski definition) is 1. The molecule has 1 aromatic heterocycles. The van der Waals surface area contributed by atoms with Crippen molar-refractivity contribution in [3.63, 3.8) is 0 Å². The van der Waals surface area contributed by atoms with Crippen LogP contribution in [0.1, 0.15) is 22.5 Å². The fraction of sp³-hybridized carbons (Fsp3) is 0.267. The number of carbonyl (C=O) groups excluding carboxylic acids is 2. The normalized spacial score (nSPS) is 17.5. The Bertz CT molecular complexity index is 773. The molecule has 8 heteroatoms. The Hall–Kier alpha value is -1.86. The molecule has 0 aliphatic carbocycles. The van der Waals surface area contributed by atoms with Gasteiger partial charge >= 0.3 is 0 Å². The third-order valence-electron chi connectivity index (χ3n) is 3.53. The summed E-state index contributed by atoms with van der Waals surface area (Å²) in [5.41, 5.74) is 0.117. The molecule has 1 amide bonds. The number of aromatic nitrogens is 1. The molecule has 23 heavy (non-hydrogen) atoms. The number of benzene rings is 1. The van der Waals surface area contributed by atoms with E-state index in [0.717, 1.165) is 0 Å².